The summed E-state index contributed by atoms with van der Waals surface area (Å²) in [6, 6.07) is 1.55. The fourth-order valence-electron chi connectivity index (χ4n) is 1.77. The minimum absolute atomic E-state index is 0.0810. The van der Waals surface area contributed by atoms with Gasteiger partial charge in [0.2, 0.25) is 10.0 Å². The predicted octanol–water partition coefficient (Wildman–Crippen LogP) is -0.376. The van der Waals surface area contributed by atoms with Gasteiger partial charge in [-0.2, -0.15) is 4.31 Å². The summed E-state index contributed by atoms with van der Waals surface area (Å²) in [5.41, 5.74) is 0. The number of hydrogen-bond acceptors (Lipinski definition) is 4. The van der Waals surface area contributed by atoms with E-state index in [9.17, 15) is 8.42 Å². The minimum Gasteiger partial charge on any atom is -0.374 e. The van der Waals surface area contributed by atoms with E-state index in [1.165, 1.54) is 10.5 Å². The summed E-state index contributed by atoms with van der Waals surface area (Å²) in [6.45, 7) is 2.50. The van der Waals surface area contributed by atoms with Gasteiger partial charge in [0.25, 0.3) is 0 Å². The number of H-pyrrole nitrogens is 1. The van der Waals surface area contributed by atoms with Crippen LogP contribution in [0.2, 0.25) is 0 Å². The maximum atomic E-state index is 12.1. The van der Waals surface area contributed by atoms with Crippen molar-refractivity contribution in [2.45, 2.75) is 11.0 Å². The summed E-state index contributed by atoms with van der Waals surface area (Å²) in [6.07, 6.45) is 2.99. The Morgan fingerprint density at radius 1 is 1.59 bits per heavy atom. The van der Waals surface area contributed by atoms with Gasteiger partial charge in [0, 0.05) is 39.1 Å². The molecule has 7 heteroatoms. The van der Waals surface area contributed by atoms with Crippen molar-refractivity contribution in [1.82, 2.24) is 14.6 Å². The van der Waals surface area contributed by atoms with Gasteiger partial charge in [-0.25, -0.2) is 8.42 Å². The fourth-order valence-corrected chi connectivity index (χ4v) is 2.95. The molecular formula is C10H17N3O3S. The number of aromatic amines is 1. The number of nitrogens with zero attached hydrogens (tertiary/aromatic N) is 1. The molecule has 6 nitrogen and oxygen atoms in total. The highest BCUT2D eigenvalue weighted by atomic mass is 32.2. The first kappa shape index (κ1) is 12.6. The molecule has 1 aromatic heterocycles. The van der Waals surface area contributed by atoms with E-state index in [1.807, 2.05) is 0 Å². The van der Waals surface area contributed by atoms with Crippen LogP contribution in [0.5, 0.6) is 0 Å². The van der Waals surface area contributed by atoms with Crippen molar-refractivity contribution in [3.8, 4) is 0 Å². The molecule has 1 fully saturated rings. The molecule has 0 spiro atoms. The van der Waals surface area contributed by atoms with Crippen molar-refractivity contribution in [3.05, 3.63) is 18.5 Å². The van der Waals surface area contributed by atoms with Crippen LogP contribution in [-0.2, 0) is 14.8 Å². The van der Waals surface area contributed by atoms with Crippen LogP contribution < -0.4 is 5.32 Å². The first-order chi connectivity index (χ1) is 8.10. The molecule has 1 aromatic rings. The van der Waals surface area contributed by atoms with Crippen LogP contribution >= 0.6 is 0 Å². The molecule has 2 rings (SSSR count). The Morgan fingerprint density at radius 3 is 3.00 bits per heavy atom. The van der Waals surface area contributed by atoms with Crippen LogP contribution in [0.25, 0.3) is 0 Å². The van der Waals surface area contributed by atoms with E-state index in [-0.39, 0.29) is 11.0 Å². The van der Waals surface area contributed by atoms with Crippen molar-refractivity contribution in [2.75, 3.05) is 33.3 Å². The molecule has 0 bridgehead atoms. The Morgan fingerprint density at radius 2 is 2.41 bits per heavy atom. The fraction of sp³-hybridized carbons (Fsp3) is 0.600. The molecule has 0 saturated carbocycles. The van der Waals surface area contributed by atoms with Crippen LogP contribution in [0.1, 0.15) is 0 Å². The molecule has 0 aromatic carbocycles. The second-order valence-corrected chi connectivity index (χ2v) is 6.07. The van der Waals surface area contributed by atoms with Gasteiger partial charge < -0.3 is 15.0 Å². The van der Waals surface area contributed by atoms with Gasteiger partial charge in [-0.05, 0) is 6.07 Å². The number of morpholine rings is 1. The molecule has 1 unspecified atom stereocenters. The van der Waals surface area contributed by atoms with Crippen molar-refractivity contribution in [2.24, 2.45) is 0 Å². The average Bonchev–Trinajstić information content (AvgIpc) is 2.84. The normalized spacial score (nSPS) is 21.9. The summed E-state index contributed by atoms with van der Waals surface area (Å²) in [5, 5.41) is 3.17. The quantitative estimate of drug-likeness (QED) is 0.773. The highest BCUT2D eigenvalue weighted by Gasteiger charge is 2.25. The van der Waals surface area contributed by atoms with E-state index >= 15 is 0 Å². The predicted molar refractivity (Wildman–Crippen MR) is 63.2 cm³/mol. The van der Waals surface area contributed by atoms with Crippen molar-refractivity contribution < 1.29 is 13.2 Å². The zero-order chi connectivity index (χ0) is 12.3. The Balaban J connectivity index is 2.01. The number of ether oxygens (including phenoxy) is 1. The average molecular weight is 259 g/mol. The van der Waals surface area contributed by atoms with E-state index in [1.54, 1.807) is 19.3 Å². The lowest BCUT2D eigenvalue weighted by Crippen LogP contribution is -2.45. The third kappa shape index (κ3) is 2.86. The number of sulfonamides is 1. The van der Waals surface area contributed by atoms with Crippen LogP contribution in [-0.4, -0.2) is 57.1 Å². The van der Waals surface area contributed by atoms with E-state index in [2.05, 4.69) is 10.3 Å². The lowest BCUT2D eigenvalue weighted by atomic mass is 10.3. The zero-order valence-corrected chi connectivity index (χ0v) is 10.5. The molecule has 17 heavy (non-hydrogen) atoms. The minimum atomic E-state index is -3.40. The number of aromatic nitrogens is 1. The molecule has 96 valence electrons. The molecule has 1 aliphatic heterocycles. The third-order valence-electron chi connectivity index (χ3n) is 2.74. The van der Waals surface area contributed by atoms with Gasteiger partial charge in [0.15, 0.2) is 0 Å². The van der Waals surface area contributed by atoms with Gasteiger partial charge in [0.1, 0.15) is 0 Å². The summed E-state index contributed by atoms with van der Waals surface area (Å²) in [7, 11) is -1.83. The Labute approximate surface area is 101 Å². The maximum absolute atomic E-state index is 12.1. The van der Waals surface area contributed by atoms with Gasteiger partial charge in [-0.15, -0.1) is 0 Å². The molecular weight excluding hydrogens is 242 g/mol. The topological polar surface area (TPSA) is 74.4 Å². The molecule has 0 amide bonds. The molecule has 2 heterocycles. The molecule has 0 radical (unpaired) electrons. The van der Waals surface area contributed by atoms with E-state index in [4.69, 9.17) is 4.74 Å². The summed E-state index contributed by atoms with van der Waals surface area (Å²) in [5.74, 6) is 0. The second-order valence-electron chi connectivity index (χ2n) is 4.03. The number of nitrogens with one attached hydrogen (secondary N) is 2. The van der Waals surface area contributed by atoms with E-state index in [0.29, 0.717) is 19.7 Å². The number of hydrogen-bond donors (Lipinski definition) is 2. The monoisotopic (exact) mass is 259 g/mol. The van der Waals surface area contributed by atoms with Gasteiger partial charge in [-0.3, -0.25) is 0 Å². The second kappa shape index (κ2) is 5.18. The third-order valence-corrected chi connectivity index (χ3v) is 4.56. The Hall–Kier alpha value is -0.890. The lowest BCUT2D eigenvalue weighted by Gasteiger charge is -2.27. The van der Waals surface area contributed by atoms with Crippen LogP contribution in [0, 0.1) is 0 Å². The Kier molecular flexibility index (Phi) is 3.82. The summed E-state index contributed by atoms with van der Waals surface area (Å²) in [4.78, 5) is 3.03. The highest BCUT2D eigenvalue weighted by Crippen LogP contribution is 2.13. The SMILES string of the molecule is CN(CC1CNCCO1)S(=O)(=O)c1cc[nH]c1. The van der Waals surface area contributed by atoms with Gasteiger partial charge in [-0.1, -0.05) is 0 Å². The van der Waals surface area contributed by atoms with Crippen molar-refractivity contribution in [3.63, 3.8) is 0 Å². The van der Waals surface area contributed by atoms with Crippen molar-refractivity contribution >= 4 is 10.0 Å². The smallest absolute Gasteiger partial charge is 0.244 e. The first-order valence-corrected chi connectivity index (χ1v) is 6.96. The lowest BCUT2D eigenvalue weighted by molar-refractivity contribution is 0.0206. The largest absolute Gasteiger partial charge is 0.374 e. The van der Waals surface area contributed by atoms with Crippen LogP contribution in [0.15, 0.2) is 23.4 Å². The van der Waals surface area contributed by atoms with Crippen LogP contribution in [0.3, 0.4) is 0 Å². The maximum Gasteiger partial charge on any atom is 0.244 e. The highest BCUT2D eigenvalue weighted by molar-refractivity contribution is 7.89. The molecule has 2 N–H and O–H groups in total. The van der Waals surface area contributed by atoms with E-state index in [0.717, 1.165) is 6.54 Å². The molecule has 1 aliphatic rings. The number of rotatable bonds is 4. The van der Waals surface area contributed by atoms with E-state index < -0.39 is 10.0 Å². The zero-order valence-electron chi connectivity index (χ0n) is 9.72. The van der Waals surface area contributed by atoms with Gasteiger partial charge >= 0.3 is 0 Å². The molecule has 0 aliphatic carbocycles. The summed E-state index contributed by atoms with van der Waals surface area (Å²) >= 11 is 0. The standard InChI is InChI=1S/C10H17N3O3S/c1-13(8-9-6-12-4-5-16-9)17(14,15)10-2-3-11-7-10/h2-3,7,9,11-12H,4-6,8H2,1H3. The first-order valence-electron chi connectivity index (χ1n) is 5.52. The van der Waals surface area contributed by atoms with Crippen LogP contribution in [0.4, 0.5) is 0 Å². The Bertz CT molecular complexity index is 437. The number of likely N-dealkylation sites (N-methyl/N-ethyl adjacent to an activating group) is 1. The van der Waals surface area contributed by atoms with Gasteiger partial charge in [0.05, 0.1) is 17.6 Å². The summed E-state index contributed by atoms with van der Waals surface area (Å²) < 4.78 is 31.0. The molecule has 1 atom stereocenters. The van der Waals surface area contributed by atoms with Crippen molar-refractivity contribution in [1.29, 1.82) is 0 Å². The molecule has 1 saturated heterocycles.